The SMILES string of the molecule is CC/C=C\C/C=C\C/C=C\C/C=C\C/C=C\CCCCCC(=O)OC(COC(=O)CCCCCCC/C=C\CCCCCCC)COC(=O)CCCCCCCCCCCCCCCCCCCCCCCCCCCC. The van der Waals surface area contributed by atoms with Gasteiger partial charge in [0.25, 0.3) is 0 Å². The first-order chi connectivity index (χ1) is 38.0. The van der Waals surface area contributed by atoms with Crippen LogP contribution in [-0.4, -0.2) is 37.2 Å². The van der Waals surface area contributed by atoms with E-state index in [0.29, 0.717) is 19.3 Å². The quantitative estimate of drug-likeness (QED) is 0.0261. The molecule has 0 aromatic rings. The fourth-order valence-corrected chi connectivity index (χ4v) is 9.70. The molecule has 0 bridgehead atoms. The van der Waals surface area contributed by atoms with Crippen molar-refractivity contribution in [3.05, 3.63) is 72.9 Å². The molecule has 0 N–H and O–H groups in total. The van der Waals surface area contributed by atoms with Crippen molar-refractivity contribution in [3.63, 3.8) is 0 Å². The minimum atomic E-state index is -0.796. The van der Waals surface area contributed by atoms with E-state index in [0.717, 1.165) is 103 Å². The molecule has 0 aliphatic heterocycles. The molecule has 0 heterocycles. The highest BCUT2D eigenvalue weighted by Gasteiger charge is 2.19. The molecular weight excluding hydrogens is 949 g/mol. The first kappa shape index (κ1) is 73.8. The number of hydrogen-bond acceptors (Lipinski definition) is 6. The van der Waals surface area contributed by atoms with Gasteiger partial charge in [0.05, 0.1) is 0 Å². The predicted molar refractivity (Wildman–Crippen MR) is 335 cm³/mol. The molecule has 0 saturated heterocycles. The Kier molecular flexibility index (Phi) is 62.7. The van der Waals surface area contributed by atoms with Gasteiger partial charge in [0.15, 0.2) is 6.10 Å². The van der Waals surface area contributed by atoms with E-state index in [-0.39, 0.29) is 31.1 Å². The van der Waals surface area contributed by atoms with Crippen LogP contribution in [0.2, 0.25) is 0 Å². The summed E-state index contributed by atoms with van der Waals surface area (Å²) in [5.41, 5.74) is 0. The minimum Gasteiger partial charge on any atom is -0.462 e. The van der Waals surface area contributed by atoms with Crippen LogP contribution < -0.4 is 0 Å². The molecule has 0 aromatic heterocycles. The highest BCUT2D eigenvalue weighted by Crippen LogP contribution is 2.18. The molecular formula is C71H126O6. The van der Waals surface area contributed by atoms with Gasteiger partial charge in [-0.2, -0.15) is 0 Å². The van der Waals surface area contributed by atoms with Gasteiger partial charge < -0.3 is 14.2 Å². The first-order valence-electron chi connectivity index (χ1n) is 33.4. The first-order valence-corrected chi connectivity index (χ1v) is 33.4. The van der Waals surface area contributed by atoms with Crippen LogP contribution in [-0.2, 0) is 28.6 Å². The average molecular weight is 1080 g/mol. The smallest absolute Gasteiger partial charge is 0.306 e. The number of carbonyl (C=O) groups excluding carboxylic acids is 3. The second-order valence-electron chi connectivity index (χ2n) is 22.4. The van der Waals surface area contributed by atoms with Crippen molar-refractivity contribution in [3.8, 4) is 0 Å². The van der Waals surface area contributed by atoms with Gasteiger partial charge in [0, 0.05) is 19.3 Å². The summed E-state index contributed by atoms with van der Waals surface area (Å²) < 4.78 is 16.9. The zero-order valence-electron chi connectivity index (χ0n) is 51.2. The van der Waals surface area contributed by atoms with E-state index in [2.05, 4.69) is 93.7 Å². The largest absolute Gasteiger partial charge is 0.462 e. The van der Waals surface area contributed by atoms with Gasteiger partial charge >= 0.3 is 17.9 Å². The summed E-state index contributed by atoms with van der Waals surface area (Å²) in [5.74, 6) is -0.913. The van der Waals surface area contributed by atoms with Gasteiger partial charge in [-0.3, -0.25) is 14.4 Å². The lowest BCUT2D eigenvalue weighted by Gasteiger charge is -2.18. The van der Waals surface area contributed by atoms with E-state index in [1.165, 1.54) is 199 Å². The average Bonchev–Trinajstić information content (AvgIpc) is 3.43. The van der Waals surface area contributed by atoms with Crippen LogP contribution in [0.1, 0.15) is 342 Å². The topological polar surface area (TPSA) is 78.9 Å². The maximum absolute atomic E-state index is 12.9. The van der Waals surface area contributed by atoms with E-state index in [4.69, 9.17) is 14.2 Å². The van der Waals surface area contributed by atoms with Crippen LogP contribution in [0.4, 0.5) is 0 Å². The molecule has 1 unspecified atom stereocenters. The van der Waals surface area contributed by atoms with Crippen molar-refractivity contribution < 1.29 is 28.6 Å². The Morgan fingerprint density at radius 1 is 0.273 bits per heavy atom. The van der Waals surface area contributed by atoms with Gasteiger partial charge in [-0.25, -0.2) is 0 Å². The number of unbranched alkanes of at least 4 members (excludes halogenated alkanes) is 38. The number of allylic oxidation sites excluding steroid dienone is 12. The minimum absolute atomic E-state index is 0.0886. The molecule has 0 aliphatic rings. The van der Waals surface area contributed by atoms with Crippen molar-refractivity contribution in [2.24, 2.45) is 0 Å². The molecule has 1 atom stereocenters. The van der Waals surface area contributed by atoms with Crippen LogP contribution in [0.15, 0.2) is 72.9 Å². The maximum Gasteiger partial charge on any atom is 0.306 e. The summed E-state index contributed by atoms with van der Waals surface area (Å²) in [6.07, 6.45) is 85.0. The second-order valence-corrected chi connectivity index (χ2v) is 22.4. The number of carbonyl (C=O) groups is 3. The Labute approximate surface area is 478 Å². The Hall–Kier alpha value is -3.15. The van der Waals surface area contributed by atoms with E-state index in [1.54, 1.807) is 0 Å². The number of rotatable bonds is 61. The molecule has 0 radical (unpaired) electrons. The van der Waals surface area contributed by atoms with Gasteiger partial charge in [-0.1, -0.05) is 306 Å². The van der Waals surface area contributed by atoms with Crippen molar-refractivity contribution in [1.82, 2.24) is 0 Å². The standard InChI is InChI=1S/C71H126O6/c1-4-7-10-13-16-19-22-25-28-30-32-33-34-35-36-37-38-40-41-43-46-49-52-55-58-61-64-70(73)76-67-68(66-75-69(72)63-60-57-54-51-48-45-27-24-21-18-15-12-9-6-3)77-71(74)65-62-59-56-53-50-47-44-42-39-31-29-26-23-20-17-14-11-8-5-2/h8,11,17,20,24,26-27,29,39,42,47,50,68H,4-7,9-10,12-16,18-19,21-23,25,28,30-38,40-41,43-46,48-49,51-67H2,1-3H3/b11-8-,20-17-,27-24-,29-26-,42-39-,50-47-. The molecule has 0 amide bonds. The fraction of sp³-hybridized carbons (Fsp3) is 0.789. The normalized spacial score (nSPS) is 12.5. The summed E-state index contributed by atoms with van der Waals surface area (Å²) in [6, 6.07) is 0. The van der Waals surface area contributed by atoms with Gasteiger partial charge in [0.2, 0.25) is 0 Å². The zero-order chi connectivity index (χ0) is 55.7. The monoisotopic (exact) mass is 1070 g/mol. The molecule has 446 valence electrons. The Bertz CT molecular complexity index is 1420. The molecule has 0 fully saturated rings. The van der Waals surface area contributed by atoms with Crippen LogP contribution in [0.25, 0.3) is 0 Å². The summed E-state index contributed by atoms with van der Waals surface area (Å²) in [4.78, 5) is 38.3. The van der Waals surface area contributed by atoms with Crippen molar-refractivity contribution in [2.75, 3.05) is 13.2 Å². The summed E-state index contributed by atoms with van der Waals surface area (Å²) >= 11 is 0. The van der Waals surface area contributed by atoms with Crippen LogP contribution in [0.5, 0.6) is 0 Å². The lowest BCUT2D eigenvalue weighted by molar-refractivity contribution is -0.167. The number of esters is 3. The lowest BCUT2D eigenvalue weighted by Crippen LogP contribution is -2.30. The number of ether oxygens (including phenoxy) is 3. The van der Waals surface area contributed by atoms with Crippen LogP contribution >= 0.6 is 0 Å². The predicted octanol–water partition coefficient (Wildman–Crippen LogP) is 22.9. The third-order valence-electron chi connectivity index (χ3n) is 14.7. The van der Waals surface area contributed by atoms with E-state index in [1.807, 2.05) is 0 Å². The van der Waals surface area contributed by atoms with E-state index in [9.17, 15) is 14.4 Å². The maximum atomic E-state index is 12.9. The summed E-state index contributed by atoms with van der Waals surface area (Å²) in [5, 5.41) is 0. The van der Waals surface area contributed by atoms with Gasteiger partial charge in [-0.15, -0.1) is 0 Å². The highest BCUT2D eigenvalue weighted by molar-refractivity contribution is 5.71. The third-order valence-corrected chi connectivity index (χ3v) is 14.7. The highest BCUT2D eigenvalue weighted by atomic mass is 16.6. The van der Waals surface area contributed by atoms with E-state index < -0.39 is 6.10 Å². The zero-order valence-corrected chi connectivity index (χ0v) is 51.2. The van der Waals surface area contributed by atoms with Crippen molar-refractivity contribution >= 4 is 17.9 Å². The molecule has 0 aliphatic carbocycles. The Morgan fingerprint density at radius 2 is 0.506 bits per heavy atom. The van der Waals surface area contributed by atoms with Crippen molar-refractivity contribution in [2.45, 2.75) is 348 Å². The molecule has 77 heavy (non-hydrogen) atoms. The Morgan fingerprint density at radius 3 is 0.818 bits per heavy atom. The van der Waals surface area contributed by atoms with Gasteiger partial charge in [0.1, 0.15) is 13.2 Å². The van der Waals surface area contributed by atoms with Crippen molar-refractivity contribution in [1.29, 1.82) is 0 Å². The Balaban J connectivity index is 4.31. The second kappa shape index (κ2) is 65.4. The molecule has 0 spiro atoms. The van der Waals surface area contributed by atoms with Gasteiger partial charge in [-0.05, 0) is 89.9 Å². The molecule has 0 saturated carbocycles. The number of hydrogen-bond donors (Lipinski definition) is 0. The molecule has 0 aromatic carbocycles. The molecule has 6 nitrogen and oxygen atoms in total. The van der Waals surface area contributed by atoms with E-state index >= 15 is 0 Å². The summed E-state index contributed by atoms with van der Waals surface area (Å²) in [6.45, 7) is 6.53. The molecule has 0 rings (SSSR count). The summed E-state index contributed by atoms with van der Waals surface area (Å²) in [7, 11) is 0. The third kappa shape index (κ3) is 63.6. The molecule has 6 heteroatoms. The fourth-order valence-electron chi connectivity index (χ4n) is 9.70. The lowest BCUT2D eigenvalue weighted by atomic mass is 10.0. The van der Waals surface area contributed by atoms with Crippen LogP contribution in [0, 0.1) is 0 Å². The van der Waals surface area contributed by atoms with Crippen LogP contribution in [0.3, 0.4) is 0 Å².